The number of nitrogens with zero attached hydrogens (tertiary/aromatic N) is 1. The minimum atomic E-state index is -0.509. The highest BCUT2D eigenvalue weighted by atomic mass is 16.6. The molecule has 1 rings (SSSR count). The van der Waals surface area contributed by atoms with Gasteiger partial charge in [-0.1, -0.05) is 6.08 Å². The van der Waals surface area contributed by atoms with Crippen molar-refractivity contribution < 1.29 is 14.3 Å². The highest BCUT2D eigenvalue weighted by Gasteiger charge is 2.16. The van der Waals surface area contributed by atoms with Gasteiger partial charge >= 0.3 is 6.09 Å². The van der Waals surface area contributed by atoms with E-state index in [-0.39, 0.29) is 5.78 Å². The van der Waals surface area contributed by atoms with Gasteiger partial charge in [0.2, 0.25) is 0 Å². The number of ether oxygens (including phenoxy) is 1. The van der Waals surface area contributed by atoms with Crippen LogP contribution in [0.5, 0.6) is 0 Å². The third kappa shape index (κ3) is 5.29. The van der Waals surface area contributed by atoms with E-state index < -0.39 is 11.7 Å². The molecule has 0 aromatic rings. The smallest absolute Gasteiger partial charge is 0.407 e. The Kier molecular flexibility index (Phi) is 4.43. The topological polar surface area (TPSA) is 67.8 Å². The minimum Gasteiger partial charge on any atom is -0.444 e. The quantitative estimate of drug-likeness (QED) is 0.815. The van der Waals surface area contributed by atoms with Crippen molar-refractivity contribution in [1.82, 2.24) is 5.32 Å². The highest BCUT2D eigenvalue weighted by molar-refractivity contribution is 6.40. The number of rotatable bonds is 3. The molecule has 0 aromatic heterocycles. The van der Waals surface area contributed by atoms with Crippen molar-refractivity contribution in [3.63, 3.8) is 0 Å². The van der Waals surface area contributed by atoms with Crippen LogP contribution in [0.2, 0.25) is 0 Å². The molecule has 1 aliphatic rings. The molecular weight excluding hydrogens is 220 g/mol. The molecule has 0 aromatic carbocycles. The molecule has 1 heterocycles. The summed E-state index contributed by atoms with van der Waals surface area (Å²) in [5, 5.41) is 2.59. The first-order valence-electron chi connectivity index (χ1n) is 5.60. The average molecular weight is 238 g/mol. The van der Waals surface area contributed by atoms with Crippen molar-refractivity contribution in [1.29, 1.82) is 0 Å². The van der Waals surface area contributed by atoms with Gasteiger partial charge in [0.05, 0.1) is 5.71 Å². The Morgan fingerprint density at radius 3 is 2.82 bits per heavy atom. The van der Waals surface area contributed by atoms with Crippen LogP contribution in [-0.2, 0) is 9.53 Å². The number of amides is 1. The predicted octanol–water partition coefficient (Wildman–Crippen LogP) is 1.83. The van der Waals surface area contributed by atoms with E-state index in [2.05, 4.69) is 10.3 Å². The van der Waals surface area contributed by atoms with Crippen molar-refractivity contribution in [2.24, 2.45) is 4.99 Å². The number of hydrogen-bond donors (Lipinski definition) is 1. The number of allylic oxidation sites excluding steroid dienone is 1. The fourth-order valence-corrected chi connectivity index (χ4v) is 1.29. The van der Waals surface area contributed by atoms with E-state index in [1.807, 2.05) is 0 Å². The molecule has 0 bridgehead atoms. The Balaban J connectivity index is 2.28. The standard InChI is InChI=1S/C12H18N2O3/c1-12(2,3)17-11(16)14-8-6-9-10(15)5-4-7-13-9/h4,7H,5-6,8H2,1-3H3,(H,14,16). The Hall–Kier alpha value is -1.65. The normalized spacial score (nSPS) is 15.5. The molecule has 0 saturated heterocycles. The van der Waals surface area contributed by atoms with Crippen LogP contribution < -0.4 is 5.32 Å². The van der Waals surface area contributed by atoms with Crippen molar-refractivity contribution in [2.45, 2.75) is 39.2 Å². The van der Waals surface area contributed by atoms with Gasteiger partial charge in [-0.05, 0) is 20.8 Å². The number of carbonyl (C=O) groups is 2. The van der Waals surface area contributed by atoms with Gasteiger partial charge < -0.3 is 10.1 Å². The third-order valence-electron chi connectivity index (χ3n) is 1.99. The predicted molar refractivity (Wildman–Crippen MR) is 65.1 cm³/mol. The molecule has 1 amide bonds. The summed E-state index contributed by atoms with van der Waals surface area (Å²) in [7, 11) is 0. The number of nitrogens with one attached hydrogen (secondary N) is 1. The molecule has 0 saturated carbocycles. The monoisotopic (exact) mass is 238 g/mol. The number of alkyl carbamates (subject to hydrolysis) is 1. The molecule has 0 aliphatic carbocycles. The first-order valence-corrected chi connectivity index (χ1v) is 5.60. The summed E-state index contributed by atoms with van der Waals surface area (Å²) in [4.78, 5) is 26.7. The SMILES string of the molecule is CC(C)(C)OC(=O)NCCC1=NC=CCC1=O. The number of Topliss-reactive ketones (excluding diaryl/α,β-unsaturated/α-hetero) is 1. The first kappa shape index (κ1) is 13.4. The maximum absolute atomic E-state index is 11.4. The van der Waals surface area contributed by atoms with Crippen molar-refractivity contribution in [3.8, 4) is 0 Å². The van der Waals surface area contributed by atoms with E-state index in [1.54, 1.807) is 33.0 Å². The summed E-state index contributed by atoms with van der Waals surface area (Å²) in [6.07, 6.45) is 3.68. The summed E-state index contributed by atoms with van der Waals surface area (Å²) in [6.45, 7) is 5.75. The van der Waals surface area contributed by atoms with Gasteiger partial charge in [-0.15, -0.1) is 0 Å². The van der Waals surface area contributed by atoms with Gasteiger partial charge in [-0.2, -0.15) is 0 Å². The lowest BCUT2D eigenvalue weighted by atomic mass is 10.1. The van der Waals surface area contributed by atoms with Crippen LogP contribution in [0, 0.1) is 0 Å². The van der Waals surface area contributed by atoms with Crippen LogP contribution in [0.15, 0.2) is 17.3 Å². The summed E-state index contributed by atoms with van der Waals surface area (Å²) in [5.41, 5.74) is -0.00564. The first-order chi connectivity index (χ1) is 7.88. The summed E-state index contributed by atoms with van der Waals surface area (Å²) >= 11 is 0. The van der Waals surface area contributed by atoms with E-state index in [4.69, 9.17) is 4.74 Å². The molecule has 0 fully saturated rings. The van der Waals surface area contributed by atoms with Gasteiger partial charge in [0.25, 0.3) is 0 Å². The van der Waals surface area contributed by atoms with Gasteiger partial charge in [-0.25, -0.2) is 4.79 Å². The Labute approximate surface area is 101 Å². The van der Waals surface area contributed by atoms with Crippen LogP contribution in [0.3, 0.4) is 0 Å². The molecule has 5 heteroatoms. The largest absolute Gasteiger partial charge is 0.444 e. The number of carbonyl (C=O) groups excluding carboxylic acids is 2. The van der Waals surface area contributed by atoms with E-state index in [1.165, 1.54) is 0 Å². The molecule has 0 unspecified atom stereocenters. The lowest BCUT2D eigenvalue weighted by molar-refractivity contribution is -0.112. The van der Waals surface area contributed by atoms with E-state index in [0.717, 1.165) is 0 Å². The molecule has 94 valence electrons. The lowest BCUT2D eigenvalue weighted by Gasteiger charge is -2.19. The van der Waals surface area contributed by atoms with E-state index in [9.17, 15) is 9.59 Å². The zero-order valence-electron chi connectivity index (χ0n) is 10.4. The molecule has 1 N–H and O–H groups in total. The Bertz CT molecular complexity index is 364. The molecule has 0 radical (unpaired) electrons. The number of ketones is 1. The Morgan fingerprint density at radius 2 is 2.24 bits per heavy atom. The second-order valence-electron chi connectivity index (χ2n) is 4.77. The zero-order valence-corrected chi connectivity index (χ0v) is 10.4. The number of hydrogen-bond acceptors (Lipinski definition) is 4. The van der Waals surface area contributed by atoms with Crippen LogP contribution in [-0.4, -0.2) is 29.7 Å². The maximum Gasteiger partial charge on any atom is 0.407 e. The van der Waals surface area contributed by atoms with Gasteiger partial charge in [0.15, 0.2) is 5.78 Å². The average Bonchev–Trinajstić information content (AvgIpc) is 2.18. The molecule has 17 heavy (non-hydrogen) atoms. The summed E-state index contributed by atoms with van der Waals surface area (Å²) in [6, 6.07) is 0. The zero-order chi connectivity index (χ0) is 12.9. The van der Waals surface area contributed by atoms with E-state index in [0.29, 0.717) is 25.1 Å². The van der Waals surface area contributed by atoms with Gasteiger partial charge in [0.1, 0.15) is 5.60 Å². The minimum absolute atomic E-state index is 0.0125. The third-order valence-corrected chi connectivity index (χ3v) is 1.99. The fourth-order valence-electron chi connectivity index (χ4n) is 1.29. The van der Waals surface area contributed by atoms with Crippen molar-refractivity contribution >= 4 is 17.6 Å². The summed E-state index contributed by atoms with van der Waals surface area (Å²) < 4.78 is 5.07. The van der Waals surface area contributed by atoms with Crippen molar-refractivity contribution in [2.75, 3.05) is 6.54 Å². The fraction of sp³-hybridized carbons (Fsp3) is 0.583. The second-order valence-corrected chi connectivity index (χ2v) is 4.77. The summed E-state index contributed by atoms with van der Waals surface area (Å²) in [5.74, 6) is 0.0125. The van der Waals surface area contributed by atoms with Gasteiger partial charge in [-0.3, -0.25) is 9.79 Å². The Morgan fingerprint density at radius 1 is 1.53 bits per heavy atom. The number of aliphatic imine (C=N–C) groups is 1. The molecule has 0 spiro atoms. The highest BCUT2D eigenvalue weighted by Crippen LogP contribution is 2.06. The van der Waals surface area contributed by atoms with Crippen LogP contribution in [0.1, 0.15) is 33.6 Å². The second kappa shape index (κ2) is 5.61. The van der Waals surface area contributed by atoms with E-state index >= 15 is 0 Å². The molecule has 0 atom stereocenters. The molecule has 5 nitrogen and oxygen atoms in total. The van der Waals surface area contributed by atoms with Crippen LogP contribution in [0.25, 0.3) is 0 Å². The molecule has 1 aliphatic heterocycles. The van der Waals surface area contributed by atoms with Gasteiger partial charge in [0, 0.05) is 25.6 Å². The maximum atomic E-state index is 11.4. The van der Waals surface area contributed by atoms with Crippen molar-refractivity contribution in [3.05, 3.63) is 12.3 Å². The van der Waals surface area contributed by atoms with Crippen LogP contribution in [0.4, 0.5) is 4.79 Å². The molecular formula is C12H18N2O3. The van der Waals surface area contributed by atoms with Crippen LogP contribution >= 0.6 is 0 Å². The lowest BCUT2D eigenvalue weighted by Crippen LogP contribution is -2.34.